The van der Waals surface area contributed by atoms with Gasteiger partial charge in [0.05, 0.1) is 0 Å². The Morgan fingerprint density at radius 2 is 1.94 bits per heavy atom. The number of benzene rings is 1. The number of Topliss-reactive ketones (excluding diaryl/α,β-unsaturated/α-hetero) is 1. The molecule has 0 amide bonds. The highest BCUT2D eigenvalue weighted by Gasteiger charge is 2.04. The lowest BCUT2D eigenvalue weighted by Crippen LogP contribution is -2.20. The fourth-order valence-electron chi connectivity index (χ4n) is 1.10. The zero-order valence-corrected chi connectivity index (χ0v) is 9.75. The molecule has 16 heavy (non-hydrogen) atoms. The number of nitrogens with one attached hydrogen (secondary N) is 1. The van der Waals surface area contributed by atoms with Gasteiger partial charge in [0.15, 0.2) is 5.78 Å². The third kappa shape index (κ3) is 3.60. The predicted octanol–water partition coefficient (Wildman–Crippen LogP) is 1.45. The van der Waals surface area contributed by atoms with Gasteiger partial charge in [0.2, 0.25) is 10.0 Å². The Morgan fingerprint density at radius 1 is 1.38 bits per heavy atom. The van der Waals surface area contributed by atoms with E-state index in [-0.39, 0.29) is 12.3 Å². The van der Waals surface area contributed by atoms with E-state index in [1.807, 2.05) is 0 Å². The SMILES string of the molecule is C=CS(=O)(=O)NCc1ccc(C(C)=O)cc1. The average molecular weight is 239 g/mol. The molecule has 1 aromatic rings. The molecule has 1 aromatic carbocycles. The van der Waals surface area contributed by atoms with Gasteiger partial charge in [-0.25, -0.2) is 13.1 Å². The second-order valence-electron chi connectivity index (χ2n) is 3.29. The van der Waals surface area contributed by atoms with E-state index in [4.69, 9.17) is 0 Å². The van der Waals surface area contributed by atoms with Crippen LogP contribution in [0.15, 0.2) is 36.3 Å². The van der Waals surface area contributed by atoms with E-state index in [0.29, 0.717) is 5.56 Å². The van der Waals surface area contributed by atoms with E-state index in [0.717, 1.165) is 11.0 Å². The molecule has 0 saturated carbocycles. The van der Waals surface area contributed by atoms with Crippen molar-refractivity contribution in [3.8, 4) is 0 Å². The van der Waals surface area contributed by atoms with Crippen molar-refractivity contribution in [3.63, 3.8) is 0 Å². The Labute approximate surface area is 95.0 Å². The molecule has 0 atom stereocenters. The largest absolute Gasteiger partial charge is 0.295 e. The first-order valence-corrected chi connectivity index (χ1v) is 6.21. The van der Waals surface area contributed by atoms with E-state index in [2.05, 4.69) is 11.3 Å². The quantitative estimate of drug-likeness (QED) is 0.791. The molecule has 5 heteroatoms. The third-order valence-corrected chi connectivity index (χ3v) is 3.04. The summed E-state index contributed by atoms with van der Waals surface area (Å²) >= 11 is 0. The predicted molar refractivity (Wildman–Crippen MR) is 62.4 cm³/mol. The standard InChI is InChI=1S/C11H13NO3S/c1-3-16(14,15)12-8-10-4-6-11(7-5-10)9(2)13/h3-7,12H,1,8H2,2H3. The number of sulfonamides is 1. The van der Waals surface area contributed by atoms with Crippen LogP contribution in [0.5, 0.6) is 0 Å². The Hall–Kier alpha value is -1.46. The van der Waals surface area contributed by atoms with E-state index >= 15 is 0 Å². The van der Waals surface area contributed by atoms with E-state index in [1.165, 1.54) is 6.92 Å². The molecular formula is C11H13NO3S. The summed E-state index contributed by atoms with van der Waals surface area (Å²) in [5.41, 5.74) is 1.39. The Balaban J connectivity index is 2.70. The average Bonchev–Trinajstić information content (AvgIpc) is 2.27. The van der Waals surface area contributed by atoms with Crippen LogP contribution in [0.25, 0.3) is 0 Å². The molecule has 0 aliphatic carbocycles. The van der Waals surface area contributed by atoms with Gasteiger partial charge >= 0.3 is 0 Å². The van der Waals surface area contributed by atoms with E-state index in [9.17, 15) is 13.2 Å². The van der Waals surface area contributed by atoms with Crippen molar-refractivity contribution in [2.45, 2.75) is 13.5 Å². The van der Waals surface area contributed by atoms with Gasteiger partial charge in [-0.2, -0.15) is 0 Å². The Morgan fingerprint density at radius 3 is 2.38 bits per heavy atom. The van der Waals surface area contributed by atoms with Crippen molar-refractivity contribution in [1.29, 1.82) is 0 Å². The van der Waals surface area contributed by atoms with Crippen molar-refractivity contribution in [2.75, 3.05) is 0 Å². The first-order valence-electron chi connectivity index (χ1n) is 4.66. The first kappa shape index (κ1) is 12.6. The lowest BCUT2D eigenvalue weighted by molar-refractivity contribution is 0.101. The van der Waals surface area contributed by atoms with Gasteiger partial charge in [0.1, 0.15) is 0 Å². The maximum Gasteiger partial charge on any atom is 0.233 e. The van der Waals surface area contributed by atoms with Crippen LogP contribution in [0.3, 0.4) is 0 Å². The number of rotatable bonds is 5. The van der Waals surface area contributed by atoms with Crippen molar-refractivity contribution in [2.24, 2.45) is 0 Å². The normalized spacial score (nSPS) is 11.1. The van der Waals surface area contributed by atoms with Crippen molar-refractivity contribution >= 4 is 15.8 Å². The zero-order valence-electron chi connectivity index (χ0n) is 8.93. The van der Waals surface area contributed by atoms with Crippen LogP contribution >= 0.6 is 0 Å². The molecule has 0 saturated heterocycles. The lowest BCUT2D eigenvalue weighted by atomic mass is 10.1. The summed E-state index contributed by atoms with van der Waals surface area (Å²) in [6.45, 7) is 4.86. The molecule has 0 aliphatic rings. The topological polar surface area (TPSA) is 63.2 Å². The summed E-state index contributed by atoms with van der Waals surface area (Å²) in [4.78, 5) is 11.0. The molecule has 1 N–H and O–H groups in total. The summed E-state index contributed by atoms with van der Waals surface area (Å²) in [7, 11) is -3.40. The minimum Gasteiger partial charge on any atom is -0.295 e. The molecule has 0 fully saturated rings. The van der Waals surface area contributed by atoms with Gasteiger partial charge in [-0.15, -0.1) is 0 Å². The van der Waals surface area contributed by atoms with Crippen LogP contribution in [-0.2, 0) is 16.6 Å². The number of ketones is 1. The van der Waals surface area contributed by atoms with Crippen molar-refractivity contribution in [1.82, 2.24) is 4.72 Å². The van der Waals surface area contributed by atoms with Gasteiger partial charge < -0.3 is 0 Å². The smallest absolute Gasteiger partial charge is 0.233 e. The van der Waals surface area contributed by atoms with Gasteiger partial charge in [-0.05, 0) is 12.5 Å². The van der Waals surface area contributed by atoms with Crippen molar-refractivity contribution < 1.29 is 13.2 Å². The monoisotopic (exact) mass is 239 g/mol. The second kappa shape index (κ2) is 5.05. The van der Waals surface area contributed by atoms with Crippen LogP contribution in [0.4, 0.5) is 0 Å². The Bertz CT molecular complexity index is 488. The fraction of sp³-hybridized carbons (Fsp3) is 0.182. The third-order valence-electron chi connectivity index (χ3n) is 2.06. The van der Waals surface area contributed by atoms with Crippen molar-refractivity contribution in [3.05, 3.63) is 47.4 Å². The summed E-state index contributed by atoms with van der Waals surface area (Å²) < 4.78 is 24.5. The molecule has 86 valence electrons. The maximum atomic E-state index is 11.1. The molecule has 0 radical (unpaired) electrons. The van der Waals surface area contributed by atoms with Crippen LogP contribution < -0.4 is 4.72 Å². The van der Waals surface area contributed by atoms with Crippen LogP contribution in [-0.4, -0.2) is 14.2 Å². The molecule has 0 aliphatic heterocycles. The molecule has 0 heterocycles. The molecular weight excluding hydrogens is 226 g/mol. The minimum atomic E-state index is -3.40. The number of carbonyl (C=O) groups excluding carboxylic acids is 1. The number of hydrogen-bond acceptors (Lipinski definition) is 3. The van der Waals surface area contributed by atoms with E-state index < -0.39 is 10.0 Å². The van der Waals surface area contributed by atoms with Crippen LogP contribution in [0, 0.1) is 0 Å². The maximum absolute atomic E-state index is 11.1. The van der Waals surface area contributed by atoms with Crippen LogP contribution in [0.1, 0.15) is 22.8 Å². The summed E-state index contributed by atoms with van der Waals surface area (Å²) in [6.07, 6.45) is 0. The molecule has 0 unspecified atom stereocenters. The highest BCUT2D eigenvalue weighted by molar-refractivity contribution is 7.92. The minimum absolute atomic E-state index is 0.0155. The summed E-state index contributed by atoms with van der Waals surface area (Å²) in [6, 6.07) is 6.75. The molecule has 0 bridgehead atoms. The summed E-state index contributed by atoms with van der Waals surface area (Å²) in [5, 5.41) is 0.858. The number of hydrogen-bond donors (Lipinski definition) is 1. The fourth-order valence-corrected chi connectivity index (χ4v) is 1.59. The van der Waals surface area contributed by atoms with E-state index in [1.54, 1.807) is 24.3 Å². The number of carbonyl (C=O) groups is 1. The second-order valence-corrected chi connectivity index (χ2v) is 5.00. The Kier molecular flexibility index (Phi) is 3.98. The van der Waals surface area contributed by atoms with Crippen LogP contribution in [0.2, 0.25) is 0 Å². The molecule has 0 aromatic heterocycles. The lowest BCUT2D eigenvalue weighted by Gasteiger charge is -2.03. The molecule has 4 nitrogen and oxygen atoms in total. The van der Waals surface area contributed by atoms with Gasteiger partial charge in [-0.1, -0.05) is 30.8 Å². The zero-order chi connectivity index (χ0) is 12.2. The first-order chi connectivity index (χ1) is 7.44. The molecule has 0 spiro atoms. The molecule has 1 rings (SSSR count). The highest BCUT2D eigenvalue weighted by atomic mass is 32.2. The van der Waals surface area contributed by atoms with Gasteiger partial charge in [0, 0.05) is 17.5 Å². The van der Waals surface area contributed by atoms with Gasteiger partial charge in [-0.3, -0.25) is 4.79 Å². The highest BCUT2D eigenvalue weighted by Crippen LogP contribution is 2.05. The summed E-state index contributed by atoms with van der Waals surface area (Å²) in [5.74, 6) is -0.0155. The van der Waals surface area contributed by atoms with Gasteiger partial charge in [0.25, 0.3) is 0 Å².